The Kier molecular flexibility index (Phi) is 11.7. The highest BCUT2D eigenvalue weighted by Gasteiger charge is 2.05. The first-order valence-electron chi connectivity index (χ1n) is 9.23. The van der Waals surface area contributed by atoms with Gasteiger partial charge in [-0.25, -0.2) is 4.39 Å². The van der Waals surface area contributed by atoms with E-state index in [1.165, 1.54) is 63.5 Å². The lowest BCUT2D eigenvalue weighted by Gasteiger charge is -2.08. The van der Waals surface area contributed by atoms with Crippen LogP contribution in [-0.4, -0.2) is 6.61 Å². The number of hydrogen-bond donors (Lipinski definition) is 0. The molecule has 142 valence electrons. The molecule has 0 heterocycles. The van der Waals surface area contributed by atoms with Crippen molar-refractivity contribution >= 4 is 0 Å². The van der Waals surface area contributed by atoms with Gasteiger partial charge in [-0.15, -0.1) is 0 Å². The predicted octanol–water partition coefficient (Wildman–Crippen LogP) is 7.24. The summed E-state index contributed by atoms with van der Waals surface area (Å²) in [6.07, 6.45) is 10.6. The molecule has 0 radical (unpaired) electrons. The van der Waals surface area contributed by atoms with E-state index in [9.17, 15) is 13.2 Å². The van der Waals surface area contributed by atoms with Crippen molar-refractivity contribution in [1.82, 2.24) is 0 Å². The average Bonchev–Trinajstić information content (AvgIpc) is 2.58. The third kappa shape index (κ3) is 10.7. The maximum Gasteiger partial charge on any atom is 0.305 e. The van der Waals surface area contributed by atoms with Gasteiger partial charge in [0.25, 0.3) is 0 Å². The molecule has 0 aliphatic rings. The van der Waals surface area contributed by atoms with Crippen molar-refractivity contribution in [2.45, 2.75) is 71.1 Å². The Labute approximate surface area is 149 Å². The first-order chi connectivity index (χ1) is 12.1. The minimum Gasteiger partial charge on any atom is -0.493 e. The summed E-state index contributed by atoms with van der Waals surface area (Å²) in [7, 11) is 0. The Morgan fingerprint density at radius 1 is 0.920 bits per heavy atom. The number of ether oxygens (including phenoxy) is 2. The Hall–Kier alpha value is -1.65. The zero-order valence-electron chi connectivity index (χ0n) is 15.0. The van der Waals surface area contributed by atoms with Crippen LogP contribution in [0.4, 0.5) is 13.2 Å². The van der Waals surface area contributed by atoms with Crippen LogP contribution in [-0.2, 0) is 0 Å². The van der Waals surface area contributed by atoms with E-state index in [2.05, 4.69) is 11.7 Å². The number of unbranched alkanes of at least 4 members (excludes halogenated alkanes) is 9. The molecule has 0 spiro atoms. The average molecular weight is 358 g/mol. The second-order valence-corrected chi connectivity index (χ2v) is 6.15. The first-order valence-corrected chi connectivity index (χ1v) is 9.23. The van der Waals surface area contributed by atoms with Gasteiger partial charge in [-0.05, 0) is 18.6 Å². The minimum absolute atomic E-state index is 0.211. The SMILES string of the molecule is CCCCCCCCCCCCOc1ccc(OC=C(F)F)c(F)c1. The highest BCUT2D eigenvalue weighted by Crippen LogP contribution is 2.23. The van der Waals surface area contributed by atoms with Crippen LogP contribution in [0.5, 0.6) is 11.5 Å². The standard InChI is InChI=1S/C20H29F3O2/c1-2-3-4-5-6-7-8-9-10-11-14-24-17-12-13-19(18(21)15-17)25-16-20(22)23/h12-13,15-16H,2-11,14H2,1H3. The monoisotopic (exact) mass is 358 g/mol. The summed E-state index contributed by atoms with van der Waals surface area (Å²) in [5.41, 5.74) is 0. The lowest BCUT2D eigenvalue weighted by atomic mass is 10.1. The zero-order valence-corrected chi connectivity index (χ0v) is 15.0. The van der Waals surface area contributed by atoms with Crippen molar-refractivity contribution in [3.63, 3.8) is 0 Å². The van der Waals surface area contributed by atoms with Crippen LogP contribution in [0.3, 0.4) is 0 Å². The van der Waals surface area contributed by atoms with E-state index in [1.54, 1.807) is 0 Å². The molecule has 5 heteroatoms. The number of halogens is 3. The van der Waals surface area contributed by atoms with Gasteiger partial charge in [0.1, 0.15) is 5.75 Å². The maximum absolute atomic E-state index is 13.6. The van der Waals surface area contributed by atoms with E-state index in [0.29, 0.717) is 12.4 Å². The molecule has 0 amide bonds. The van der Waals surface area contributed by atoms with Crippen molar-refractivity contribution in [2.75, 3.05) is 6.61 Å². The van der Waals surface area contributed by atoms with Crippen LogP contribution >= 0.6 is 0 Å². The number of rotatable bonds is 14. The highest BCUT2D eigenvalue weighted by atomic mass is 19.3. The van der Waals surface area contributed by atoms with Crippen LogP contribution in [0.1, 0.15) is 71.1 Å². The highest BCUT2D eigenvalue weighted by molar-refractivity contribution is 5.33. The lowest BCUT2D eigenvalue weighted by Crippen LogP contribution is -1.98. The fourth-order valence-electron chi connectivity index (χ4n) is 2.55. The van der Waals surface area contributed by atoms with E-state index in [0.717, 1.165) is 18.9 Å². The normalized spacial score (nSPS) is 10.6. The largest absolute Gasteiger partial charge is 0.493 e. The van der Waals surface area contributed by atoms with Gasteiger partial charge in [-0.2, -0.15) is 8.78 Å². The second kappa shape index (κ2) is 13.6. The van der Waals surface area contributed by atoms with Gasteiger partial charge >= 0.3 is 6.08 Å². The molecule has 1 aromatic carbocycles. The molecule has 0 aliphatic heterocycles. The van der Waals surface area contributed by atoms with Gasteiger partial charge in [-0.3, -0.25) is 0 Å². The molecular weight excluding hydrogens is 329 g/mol. The van der Waals surface area contributed by atoms with Gasteiger partial charge in [0.15, 0.2) is 17.8 Å². The van der Waals surface area contributed by atoms with E-state index in [1.807, 2.05) is 0 Å². The predicted molar refractivity (Wildman–Crippen MR) is 94.7 cm³/mol. The summed E-state index contributed by atoms with van der Waals surface area (Å²) >= 11 is 0. The van der Waals surface area contributed by atoms with Crippen LogP contribution in [0, 0.1) is 5.82 Å². The fraction of sp³-hybridized carbons (Fsp3) is 0.600. The summed E-state index contributed by atoms with van der Waals surface area (Å²) in [6.45, 7) is 2.75. The maximum atomic E-state index is 13.6. The Morgan fingerprint density at radius 3 is 2.08 bits per heavy atom. The summed E-state index contributed by atoms with van der Waals surface area (Å²) in [5, 5.41) is 0. The van der Waals surface area contributed by atoms with Crippen LogP contribution in [0.2, 0.25) is 0 Å². The van der Waals surface area contributed by atoms with Gasteiger partial charge < -0.3 is 9.47 Å². The molecule has 0 saturated heterocycles. The lowest BCUT2D eigenvalue weighted by molar-refractivity contribution is 0.301. The molecule has 0 unspecified atom stereocenters. The molecule has 0 bridgehead atoms. The van der Waals surface area contributed by atoms with Crippen molar-refractivity contribution < 1.29 is 22.6 Å². The van der Waals surface area contributed by atoms with Crippen LogP contribution in [0.15, 0.2) is 30.5 Å². The molecule has 0 saturated carbocycles. The minimum atomic E-state index is -2.01. The Morgan fingerprint density at radius 2 is 1.52 bits per heavy atom. The quantitative estimate of drug-likeness (QED) is 0.258. The zero-order chi connectivity index (χ0) is 18.3. The van der Waals surface area contributed by atoms with E-state index < -0.39 is 11.9 Å². The van der Waals surface area contributed by atoms with Gasteiger partial charge in [0.2, 0.25) is 0 Å². The van der Waals surface area contributed by atoms with Crippen molar-refractivity contribution in [3.05, 3.63) is 36.4 Å². The molecule has 2 nitrogen and oxygen atoms in total. The summed E-state index contributed by atoms with van der Waals surface area (Å²) in [6, 6.07) is 3.94. The Balaban J connectivity index is 2.08. The third-order valence-corrected chi connectivity index (χ3v) is 3.94. The first kappa shape index (κ1) is 21.4. The molecular formula is C20H29F3O2. The van der Waals surface area contributed by atoms with Gasteiger partial charge in [0.05, 0.1) is 6.61 Å². The third-order valence-electron chi connectivity index (χ3n) is 3.94. The molecule has 1 aromatic rings. The molecule has 0 aliphatic carbocycles. The van der Waals surface area contributed by atoms with Crippen molar-refractivity contribution in [1.29, 1.82) is 0 Å². The van der Waals surface area contributed by atoms with Crippen molar-refractivity contribution in [3.8, 4) is 11.5 Å². The van der Waals surface area contributed by atoms with Gasteiger partial charge in [-0.1, -0.05) is 64.7 Å². The van der Waals surface area contributed by atoms with Crippen molar-refractivity contribution in [2.24, 2.45) is 0 Å². The summed E-state index contributed by atoms with van der Waals surface area (Å²) < 4.78 is 47.5. The Bertz CT molecular complexity index is 500. The van der Waals surface area contributed by atoms with Crippen LogP contribution in [0.25, 0.3) is 0 Å². The molecule has 25 heavy (non-hydrogen) atoms. The fourth-order valence-corrected chi connectivity index (χ4v) is 2.55. The second-order valence-electron chi connectivity index (χ2n) is 6.15. The van der Waals surface area contributed by atoms with Crippen LogP contribution < -0.4 is 9.47 Å². The molecule has 0 N–H and O–H groups in total. The topological polar surface area (TPSA) is 18.5 Å². The molecule has 1 rings (SSSR count). The molecule has 0 atom stereocenters. The summed E-state index contributed by atoms with van der Waals surface area (Å²) in [4.78, 5) is 0. The van der Waals surface area contributed by atoms with Gasteiger partial charge in [0, 0.05) is 6.07 Å². The summed E-state index contributed by atoms with van der Waals surface area (Å²) in [5.74, 6) is -0.595. The number of hydrogen-bond acceptors (Lipinski definition) is 2. The smallest absolute Gasteiger partial charge is 0.305 e. The molecule has 0 aromatic heterocycles. The van der Waals surface area contributed by atoms with E-state index >= 15 is 0 Å². The van der Waals surface area contributed by atoms with E-state index in [4.69, 9.17) is 4.74 Å². The molecule has 0 fully saturated rings. The number of benzene rings is 1. The van der Waals surface area contributed by atoms with E-state index in [-0.39, 0.29) is 12.0 Å².